The van der Waals surface area contributed by atoms with Gasteiger partial charge in [-0.05, 0) is 34.0 Å². The van der Waals surface area contributed by atoms with E-state index >= 15 is 0 Å². The van der Waals surface area contributed by atoms with Crippen LogP contribution in [0.15, 0.2) is 16.6 Å². The van der Waals surface area contributed by atoms with E-state index in [1.807, 2.05) is 20.8 Å². The standard InChI is InChI=1S/C13H15BrClFO/c1-13(2,3)10(17)7-5-8-4-6-9(14)11(15)12(8)16/h4,6H,5,7H2,1-3H3. The van der Waals surface area contributed by atoms with Crippen LogP contribution in [0.2, 0.25) is 5.02 Å². The molecule has 0 aromatic heterocycles. The van der Waals surface area contributed by atoms with E-state index in [1.54, 1.807) is 12.1 Å². The van der Waals surface area contributed by atoms with Crippen LogP contribution in [-0.2, 0) is 11.2 Å². The molecule has 0 spiro atoms. The van der Waals surface area contributed by atoms with Gasteiger partial charge in [0.25, 0.3) is 0 Å². The first kappa shape index (κ1) is 14.7. The number of benzene rings is 1. The Morgan fingerprint density at radius 1 is 1.41 bits per heavy atom. The Labute approximate surface area is 114 Å². The zero-order valence-electron chi connectivity index (χ0n) is 10.1. The smallest absolute Gasteiger partial charge is 0.146 e. The van der Waals surface area contributed by atoms with Gasteiger partial charge < -0.3 is 0 Å². The number of halogens is 3. The number of ketones is 1. The molecule has 0 N–H and O–H groups in total. The van der Waals surface area contributed by atoms with Gasteiger partial charge in [0, 0.05) is 16.3 Å². The van der Waals surface area contributed by atoms with Gasteiger partial charge in [-0.15, -0.1) is 0 Å². The van der Waals surface area contributed by atoms with Crippen molar-refractivity contribution < 1.29 is 9.18 Å². The molecule has 0 saturated carbocycles. The van der Waals surface area contributed by atoms with Crippen molar-refractivity contribution in [3.63, 3.8) is 0 Å². The average Bonchev–Trinajstić information content (AvgIpc) is 2.23. The van der Waals surface area contributed by atoms with E-state index in [0.29, 0.717) is 22.9 Å². The lowest BCUT2D eigenvalue weighted by Crippen LogP contribution is -2.20. The summed E-state index contributed by atoms with van der Waals surface area (Å²) in [5.74, 6) is -0.321. The highest BCUT2D eigenvalue weighted by Crippen LogP contribution is 2.28. The minimum absolute atomic E-state index is 0.0747. The Balaban J connectivity index is 2.78. The predicted octanol–water partition coefficient (Wildman–Crippen LogP) is 4.79. The van der Waals surface area contributed by atoms with E-state index in [4.69, 9.17) is 11.6 Å². The molecule has 0 amide bonds. The summed E-state index contributed by atoms with van der Waals surface area (Å²) in [6.07, 6.45) is 0.716. The molecule has 1 nitrogen and oxygen atoms in total. The highest BCUT2D eigenvalue weighted by molar-refractivity contribution is 9.10. The molecule has 0 saturated heterocycles. The molecule has 17 heavy (non-hydrogen) atoms. The lowest BCUT2D eigenvalue weighted by atomic mass is 9.87. The molecule has 0 unspecified atom stereocenters. The summed E-state index contributed by atoms with van der Waals surface area (Å²) in [5, 5.41) is 0.0747. The van der Waals surface area contributed by atoms with Gasteiger partial charge in [-0.25, -0.2) is 4.39 Å². The largest absolute Gasteiger partial charge is 0.299 e. The van der Waals surface area contributed by atoms with Crippen molar-refractivity contribution in [2.24, 2.45) is 5.41 Å². The number of rotatable bonds is 3. The Bertz CT molecular complexity index is 438. The lowest BCUT2D eigenvalue weighted by Gasteiger charge is -2.16. The van der Waals surface area contributed by atoms with Crippen molar-refractivity contribution in [3.8, 4) is 0 Å². The molecule has 0 heterocycles. The molecule has 1 rings (SSSR count). The molecule has 0 aliphatic rings. The van der Waals surface area contributed by atoms with Crippen molar-refractivity contribution >= 4 is 33.3 Å². The maximum atomic E-state index is 13.7. The van der Waals surface area contributed by atoms with E-state index in [0.717, 1.165) is 0 Å². The number of carbonyl (C=O) groups excluding carboxylic acids is 1. The predicted molar refractivity (Wildman–Crippen MR) is 71.9 cm³/mol. The number of aryl methyl sites for hydroxylation is 1. The van der Waals surface area contributed by atoms with Gasteiger partial charge in [-0.3, -0.25) is 4.79 Å². The number of hydrogen-bond acceptors (Lipinski definition) is 1. The van der Waals surface area contributed by atoms with Crippen LogP contribution in [0.25, 0.3) is 0 Å². The first-order valence-corrected chi connectivity index (χ1v) is 6.56. The normalized spacial score (nSPS) is 11.6. The zero-order chi connectivity index (χ0) is 13.2. The summed E-state index contributed by atoms with van der Waals surface area (Å²) >= 11 is 8.93. The van der Waals surface area contributed by atoms with Crippen LogP contribution >= 0.6 is 27.5 Å². The molecule has 0 radical (unpaired) electrons. The Morgan fingerprint density at radius 2 is 2.00 bits per heavy atom. The van der Waals surface area contributed by atoms with E-state index in [2.05, 4.69) is 15.9 Å². The van der Waals surface area contributed by atoms with Gasteiger partial charge in [-0.2, -0.15) is 0 Å². The van der Waals surface area contributed by atoms with Gasteiger partial charge in [0.05, 0.1) is 5.02 Å². The summed E-state index contributed by atoms with van der Waals surface area (Å²) in [4.78, 5) is 11.7. The molecule has 1 aromatic carbocycles. The molecule has 0 fully saturated rings. The average molecular weight is 322 g/mol. The van der Waals surface area contributed by atoms with Crippen LogP contribution in [-0.4, -0.2) is 5.78 Å². The fourth-order valence-electron chi connectivity index (χ4n) is 1.38. The molecule has 0 aliphatic carbocycles. The fourth-order valence-corrected chi connectivity index (χ4v) is 1.87. The second-order valence-corrected chi connectivity index (χ2v) is 6.24. The Hall–Kier alpha value is -0.410. The quantitative estimate of drug-likeness (QED) is 0.732. The first-order valence-electron chi connectivity index (χ1n) is 5.39. The maximum Gasteiger partial charge on any atom is 0.146 e. The van der Waals surface area contributed by atoms with Crippen molar-refractivity contribution in [3.05, 3.63) is 33.0 Å². The molecular weight excluding hydrogens is 306 g/mol. The first-order chi connectivity index (χ1) is 7.73. The van der Waals surface area contributed by atoms with Crippen molar-refractivity contribution in [2.75, 3.05) is 0 Å². The fraction of sp³-hybridized carbons (Fsp3) is 0.462. The minimum atomic E-state index is -0.442. The summed E-state index contributed by atoms with van der Waals surface area (Å²) in [7, 11) is 0. The molecule has 1 aromatic rings. The van der Waals surface area contributed by atoms with Crippen LogP contribution < -0.4 is 0 Å². The molecule has 0 aliphatic heterocycles. The van der Waals surface area contributed by atoms with Crippen LogP contribution in [0, 0.1) is 11.2 Å². The lowest BCUT2D eigenvalue weighted by molar-refractivity contribution is -0.126. The van der Waals surface area contributed by atoms with Gasteiger partial charge in [0.1, 0.15) is 11.6 Å². The summed E-state index contributed by atoms with van der Waals surface area (Å²) in [6.45, 7) is 5.58. The van der Waals surface area contributed by atoms with Gasteiger partial charge in [0.15, 0.2) is 0 Å². The summed E-state index contributed by atoms with van der Waals surface area (Å²) < 4.78 is 14.3. The monoisotopic (exact) mass is 320 g/mol. The second-order valence-electron chi connectivity index (χ2n) is 5.01. The third-order valence-corrected chi connectivity index (χ3v) is 3.83. The number of Topliss-reactive ketones (excluding diaryl/α,β-unsaturated/α-hetero) is 1. The summed E-state index contributed by atoms with van der Waals surface area (Å²) in [6, 6.07) is 3.35. The number of hydrogen-bond donors (Lipinski definition) is 0. The second kappa shape index (κ2) is 5.49. The minimum Gasteiger partial charge on any atom is -0.299 e. The molecule has 94 valence electrons. The van der Waals surface area contributed by atoms with Crippen LogP contribution in [0.1, 0.15) is 32.8 Å². The Morgan fingerprint density at radius 3 is 2.53 bits per heavy atom. The van der Waals surface area contributed by atoms with Gasteiger partial charge >= 0.3 is 0 Å². The van der Waals surface area contributed by atoms with Crippen LogP contribution in [0.4, 0.5) is 4.39 Å². The van der Waals surface area contributed by atoms with E-state index in [1.165, 1.54) is 0 Å². The highest BCUT2D eigenvalue weighted by atomic mass is 79.9. The van der Waals surface area contributed by atoms with Gasteiger partial charge in [0.2, 0.25) is 0 Å². The molecule has 0 bridgehead atoms. The zero-order valence-corrected chi connectivity index (χ0v) is 12.5. The topological polar surface area (TPSA) is 17.1 Å². The Kier molecular flexibility index (Phi) is 4.73. The van der Waals surface area contributed by atoms with E-state index in [9.17, 15) is 9.18 Å². The van der Waals surface area contributed by atoms with Crippen LogP contribution in [0.5, 0.6) is 0 Å². The van der Waals surface area contributed by atoms with Crippen molar-refractivity contribution in [1.29, 1.82) is 0 Å². The van der Waals surface area contributed by atoms with Crippen LogP contribution in [0.3, 0.4) is 0 Å². The van der Waals surface area contributed by atoms with Crippen molar-refractivity contribution in [1.82, 2.24) is 0 Å². The molecule has 0 atom stereocenters. The molecule has 4 heteroatoms. The van der Waals surface area contributed by atoms with E-state index in [-0.39, 0.29) is 16.2 Å². The van der Waals surface area contributed by atoms with Crippen molar-refractivity contribution in [2.45, 2.75) is 33.6 Å². The SMILES string of the molecule is CC(C)(C)C(=O)CCc1ccc(Br)c(Cl)c1F. The highest BCUT2D eigenvalue weighted by Gasteiger charge is 2.21. The van der Waals surface area contributed by atoms with E-state index < -0.39 is 5.82 Å². The summed E-state index contributed by atoms with van der Waals surface area (Å²) in [5.41, 5.74) is 0.103. The maximum absolute atomic E-state index is 13.7. The molecular formula is C13H15BrClFO. The number of carbonyl (C=O) groups is 1. The van der Waals surface area contributed by atoms with Gasteiger partial charge in [-0.1, -0.05) is 38.4 Å². The third-order valence-electron chi connectivity index (χ3n) is 2.57. The third kappa shape index (κ3) is 3.78.